The van der Waals surface area contributed by atoms with E-state index in [0.29, 0.717) is 24.3 Å². The number of hydrogen-bond acceptors (Lipinski definition) is 3. The topological polar surface area (TPSA) is 38.7 Å². The Labute approximate surface area is 99.2 Å². The summed E-state index contributed by atoms with van der Waals surface area (Å²) in [6.45, 7) is 0.928. The predicted octanol–water partition coefficient (Wildman–Crippen LogP) is 1.93. The molecule has 1 saturated heterocycles. The number of aliphatic hydroxyl groups is 1. The number of halogens is 1. The Balaban J connectivity index is 2.33. The Bertz CT molecular complexity index is 433. The van der Waals surface area contributed by atoms with Crippen LogP contribution in [0.1, 0.15) is 29.9 Å². The lowest BCUT2D eigenvalue weighted by Crippen LogP contribution is -2.07. The number of ether oxygens (including phenoxy) is 2. The fourth-order valence-electron chi connectivity index (χ4n) is 1.81. The molecule has 0 saturated carbocycles. The van der Waals surface area contributed by atoms with E-state index in [0.717, 1.165) is 0 Å². The number of aliphatic hydroxyl groups excluding tert-OH is 1. The molecule has 0 radical (unpaired) electrons. The van der Waals surface area contributed by atoms with E-state index < -0.39 is 18.2 Å². The number of hydrogen-bond donors (Lipinski definition) is 1. The van der Waals surface area contributed by atoms with Gasteiger partial charge in [-0.3, -0.25) is 0 Å². The zero-order valence-corrected chi connectivity index (χ0v) is 9.23. The first-order valence-electron chi connectivity index (χ1n) is 5.36. The van der Waals surface area contributed by atoms with Gasteiger partial charge in [-0.05, 0) is 17.7 Å². The van der Waals surface area contributed by atoms with E-state index >= 15 is 0 Å². The van der Waals surface area contributed by atoms with Gasteiger partial charge in [-0.1, -0.05) is 6.07 Å². The predicted molar refractivity (Wildman–Crippen MR) is 59.5 cm³/mol. The standard InChI is InChI=1S/C13H13FO3/c1-2-3-12(15)10-5-4-9(14)8-11(10)13-16-6-7-17-13/h1,4-5,8,12-13,15H,3,6-7H2. The van der Waals surface area contributed by atoms with Gasteiger partial charge >= 0.3 is 0 Å². The molecule has 3 nitrogen and oxygen atoms in total. The summed E-state index contributed by atoms with van der Waals surface area (Å²) in [5.41, 5.74) is 1.06. The Morgan fingerprint density at radius 1 is 1.47 bits per heavy atom. The first kappa shape index (κ1) is 12.1. The largest absolute Gasteiger partial charge is 0.387 e. The molecule has 90 valence electrons. The zero-order chi connectivity index (χ0) is 12.3. The van der Waals surface area contributed by atoms with Gasteiger partial charge < -0.3 is 14.6 Å². The van der Waals surface area contributed by atoms with Crippen molar-refractivity contribution in [2.45, 2.75) is 18.8 Å². The highest BCUT2D eigenvalue weighted by Crippen LogP contribution is 2.31. The van der Waals surface area contributed by atoms with E-state index in [-0.39, 0.29) is 6.42 Å². The second-order valence-corrected chi connectivity index (χ2v) is 3.77. The van der Waals surface area contributed by atoms with Gasteiger partial charge in [0.2, 0.25) is 0 Å². The number of terminal acetylenes is 1. The second kappa shape index (κ2) is 5.28. The zero-order valence-electron chi connectivity index (χ0n) is 9.23. The summed E-state index contributed by atoms with van der Waals surface area (Å²) in [7, 11) is 0. The lowest BCUT2D eigenvalue weighted by atomic mass is 10.00. The fourth-order valence-corrected chi connectivity index (χ4v) is 1.81. The van der Waals surface area contributed by atoms with Crippen molar-refractivity contribution in [3.8, 4) is 12.3 Å². The SMILES string of the molecule is C#CCC(O)c1ccc(F)cc1C1OCCO1. The molecule has 0 aromatic heterocycles. The normalized spacial score (nSPS) is 17.9. The average molecular weight is 236 g/mol. The van der Waals surface area contributed by atoms with Crippen molar-refractivity contribution < 1.29 is 19.0 Å². The molecule has 17 heavy (non-hydrogen) atoms. The molecule has 0 aliphatic carbocycles. The average Bonchev–Trinajstić information content (AvgIpc) is 2.82. The van der Waals surface area contributed by atoms with Crippen LogP contribution in [0.2, 0.25) is 0 Å². The van der Waals surface area contributed by atoms with E-state index in [4.69, 9.17) is 15.9 Å². The highest BCUT2D eigenvalue weighted by atomic mass is 19.1. The molecule has 1 aliphatic rings. The minimum Gasteiger partial charge on any atom is -0.387 e. The summed E-state index contributed by atoms with van der Waals surface area (Å²) in [4.78, 5) is 0. The van der Waals surface area contributed by atoms with Gasteiger partial charge in [0.1, 0.15) is 5.82 Å². The van der Waals surface area contributed by atoms with Crippen LogP contribution in [-0.4, -0.2) is 18.3 Å². The lowest BCUT2D eigenvalue weighted by Gasteiger charge is -2.17. The van der Waals surface area contributed by atoms with Crippen LogP contribution in [-0.2, 0) is 9.47 Å². The Morgan fingerprint density at radius 2 is 2.18 bits per heavy atom. The van der Waals surface area contributed by atoms with Crippen LogP contribution in [0.3, 0.4) is 0 Å². The molecule has 1 aliphatic heterocycles. The number of benzene rings is 1. The third kappa shape index (κ3) is 2.64. The van der Waals surface area contributed by atoms with Crippen LogP contribution in [0.5, 0.6) is 0 Å². The van der Waals surface area contributed by atoms with Gasteiger partial charge in [-0.2, -0.15) is 0 Å². The third-order valence-electron chi connectivity index (χ3n) is 2.59. The molecule has 0 spiro atoms. The van der Waals surface area contributed by atoms with Crippen LogP contribution in [0, 0.1) is 18.2 Å². The smallest absolute Gasteiger partial charge is 0.184 e. The molecule has 4 heteroatoms. The molecule has 1 heterocycles. The van der Waals surface area contributed by atoms with Gasteiger partial charge in [0.05, 0.1) is 19.3 Å². The molecule has 1 fully saturated rings. The van der Waals surface area contributed by atoms with E-state index in [1.165, 1.54) is 18.2 Å². The van der Waals surface area contributed by atoms with E-state index in [1.807, 2.05) is 0 Å². The van der Waals surface area contributed by atoms with Crippen LogP contribution in [0.25, 0.3) is 0 Å². The quantitative estimate of drug-likeness (QED) is 0.815. The van der Waals surface area contributed by atoms with Gasteiger partial charge in [-0.15, -0.1) is 12.3 Å². The van der Waals surface area contributed by atoms with Crippen LogP contribution in [0.15, 0.2) is 18.2 Å². The fraction of sp³-hybridized carbons (Fsp3) is 0.385. The van der Waals surface area contributed by atoms with Crippen LogP contribution in [0.4, 0.5) is 4.39 Å². The minimum atomic E-state index is -0.830. The minimum absolute atomic E-state index is 0.172. The molecule has 1 aromatic rings. The first-order chi connectivity index (χ1) is 8.22. The Morgan fingerprint density at radius 3 is 2.82 bits per heavy atom. The maximum Gasteiger partial charge on any atom is 0.184 e. The molecule has 2 rings (SSSR count). The Hall–Kier alpha value is -1.41. The van der Waals surface area contributed by atoms with E-state index in [9.17, 15) is 9.50 Å². The highest BCUT2D eigenvalue weighted by molar-refractivity contribution is 5.31. The van der Waals surface area contributed by atoms with E-state index in [1.54, 1.807) is 0 Å². The van der Waals surface area contributed by atoms with Crippen LogP contribution < -0.4 is 0 Å². The molecule has 1 unspecified atom stereocenters. The van der Waals surface area contributed by atoms with Gasteiger partial charge in [0.25, 0.3) is 0 Å². The molecule has 1 N–H and O–H groups in total. The molecular weight excluding hydrogens is 223 g/mol. The van der Waals surface area contributed by atoms with E-state index in [2.05, 4.69) is 5.92 Å². The lowest BCUT2D eigenvalue weighted by molar-refractivity contribution is -0.0461. The maximum atomic E-state index is 13.2. The monoisotopic (exact) mass is 236 g/mol. The Kier molecular flexibility index (Phi) is 3.75. The second-order valence-electron chi connectivity index (χ2n) is 3.77. The van der Waals surface area contributed by atoms with Gasteiger partial charge in [0.15, 0.2) is 6.29 Å². The van der Waals surface area contributed by atoms with Crippen molar-refractivity contribution in [2.24, 2.45) is 0 Å². The van der Waals surface area contributed by atoms with Gasteiger partial charge in [-0.25, -0.2) is 4.39 Å². The number of rotatable bonds is 3. The molecular formula is C13H13FO3. The summed E-state index contributed by atoms with van der Waals surface area (Å²) in [6, 6.07) is 4.11. The van der Waals surface area contributed by atoms with Crippen molar-refractivity contribution >= 4 is 0 Å². The third-order valence-corrected chi connectivity index (χ3v) is 2.59. The van der Waals surface area contributed by atoms with Crippen molar-refractivity contribution in [3.05, 3.63) is 35.1 Å². The summed E-state index contributed by atoms with van der Waals surface area (Å²) in [6.07, 6.45) is 3.88. The summed E-state index contributed by atoms with van der Waals surface area (Å²) in [5, 5.41) is 9.88. The summed E-state index contributed by atoms with van der Waals surface area (Å²) in [5.74, 6) is 1.98. The van der Waals surface area contributed by atoms with Gasteiger partial charge in [0, 0.05) is 12.0 Å². The van der Waals surface area contributed by atoms with Crippen molar-refractivity contribution in [2.75, 3.05) is 13.2 Å². The highest BCUT2D eigenvalue weighted by Gasteiger charge is 2.24. The maximum absolute atomic E-state index is 13.2. The molecule has 1 aromatic carbocycles. The molecule has 0 amide bonds. The first-order valence-corrected chi connectivity index (χ1v) is 5.36. The van der Waals surface area contributed by atoms with Crippen molar-refractivity contribution in [3.63, 3.8) is 0 Å². The summed E-state index contributed by atoms with van der Waals surface area (Å²) >= 11 is 0. The summed E-state index contributed by atoms with van der Waals surface area (Å²) < 4.78 is 23.8. The molecule has 0 bridgehead atoms. The van der Waals surface area contributed by atoms with Crippen molar-refractivity contribution in [1.82, 2.24) is 0 Å². The van der Waals surface area contributed by atoms with Crippen LogP contribution >= 0.6 is 0 Å². The molecule has 1 atom stereocenters. The van der Waals surface area contributed by atoms with Crippen molar-refractivity contribution in [1.29, 1.82) is 0 Å².